The lowest BCUT2D eigenvalue weighted by atomic mass is 10.3. The number of nitrogens with zero attached hydrogens (tertiary/aromatic N) is 3. The molecule has 2 heterocycles. The molecule has 0 atom stereocenters. The van der Waals surface area contributed by atoms with E-state index in [1.807, 2.05) is 29.8 Å². The maximum atomic E-state index is 4.19. The van der Waals surface area contributed by atoms with E-state index in [9.17, 15) is 0 Å². The fourth-order valence-electron chi connectivity index (χ4n) is 1.15. The number of rotatable bonds is 1. The summed E-state index contributed by atoms with van der Waals surface area (Å²) in [7, 11) is 0. The van der Waals surface area contributed by atoms with Gasteiger partial charge in [-0.15, -0.1) is 0 Å². The predicted octanol–water partition coefficient (Wildman–Crippen LogP) is 1.58. The highest BCUT2D eigenvalue weighted by atomic mass is 15.0. The minimum Gasteiger partial charge on any atom is -0.304 e. The molecule has 3 heteroatoms. The van der Waals surface area contributed by atoms with Gasteiger partial charge in [-0.05, 0) is 19.1 Å². The summed E-state index contributed by atoms with van der Waals surface area (Å²) in [5.41, 5.74) is 2.09. The van der Waals surface area contributed by atoms with Crippen molar-refractivity contribution in [2.75, 3.05) is 0 Å². The van der Waals surface area contributed by atoms with E-state index in [-0.39, 0.29) is 0 Å². The molecule has 0 amide bonds. The van der Waals surface area contributed by atoms with Crippen LogP contribution in [-0.4, -0.2) is 14.5 Å². The molecule has 0 aliphatic rings. The van der Waals surface area contributed by atoms with Crippen LogP contribution < -0.4 is 0 Å². The summed E-state index contributed by atoms with van der Waals surface area (Å²) in [4.78, 5) is 8.16. The van der Waals surface area contributed by atoms with Crippen molar-refractivity contribution in [1.29, 1.82) is 0 Å². The van der Waals surface area contributed by atoms with Crippen LogP contribution in [-0.2, 0) is 0 Å². The number of hydrogen-bond donors (Lipinski definition) is 0. The Bertz CT molecular complexity index is 365. The molecular formula is C9H9N3. The molecule has 0 saturated heterocycles. The van der Waals surface area contributed by atoms with E-state index in [1.54, 1.807) is 18.7 Å². The summed E-state index contributed by atoms with van der Waals surface area (Å²) in [5, 5.41) is 0. The van der Waals surface area contributed by atoms with E-state index >= 15 is 0 Å². The minimum atomic E-state index is 1.01. The van der Waals surface area contributed by atoms with Gasteiger partial charge in [-0.25, -0.2) is 4.98 Å². The summed E-state index contributed by atoms with van der Waals surface area (Å²) in [6, 6.07) is 3.94. The molecule has 0 spiro atoms. The molecular weight excluding hydrogens is 150 g/mol. The van der Waals surface area contributed by atoms with Gasteiger partial charge in [0.1, 0.15) is 0 Å². The van der Waals surface area contributed by atoms with E-state index in [0.717, 1.165) is 11.4 Å². The molecule has 0 N–H and O–H groups in total. The van der Waals surface area contributed by atoms with Crippen molar-refractivity contribution >= 4 is 0 Å². The highest BCUT2D eigenvalue weighted by Gasteiger charge is 1.97. The zero-order valence-electron chi connectivity index (χ0n) is 6.81. The standard InChI is InChI=1S/C9H9N3/c1-8-9(3-2-4-11-8)12-6-5-10-7-12/h2-7H,1H3. The number of aromatic nitrogens is 3. The SMILES string of the molecule is Cc1ncccc1-n1ccnc1. The third kappa shape index (κ3) is 1.09. The topological polar surface area (TPSA) is 30.7 Å². The third-order valence-electron chi connectivity index (χ3n) is 1.76. The first-order valence-electron chi connectivity index (χ1n) is 3.78. The normalized spacial score (nSPS) is 10.1. The van der Waals surface area contributed by atoms with Crippen molar-refractivity contribution in [3.05, 3.63) is 42.7 Å². The summed E-state index contributed by atoms with van der Waals surface area (Å²) in [6.45, 7) is 1.98. The second-order valence-electron chi connectivity index (χ2n) is 2.58. The zero-order valence-corrected chi connectivity index (χ0v) is 6.81. The molecule has 0 aromatic carbocycles. The average Bonchev–Trinajstić information content (AvgIpc) is 2.57. The Morgan fingerprint density at radius 2 is 2.25 bits per heavy atom. The molecule has 2 aromatic heterocycles. The summed E-state index contributed by atoms with van der Waals surface area (Å²) in [5.74, 6) is 0. The molecule has 60 valence electrons. The molecule has 12 heavy (non-hydrogen) atoms. The van der Waals surface area contributed by atoms with Gasteiger partial charge in [-0.3, -0.25) is 4.98 Å². The Balaban J connectivity index is 2.55. The molecule has 0 unspecified atom stereocenters. The van der Waals surface area contributed by atoms with Crippen LogP contribution in [0.25, 0.3) is 5.69 Å². The molecule has 0 saturated carbocycles. The Hall–Kier alpha value is -1.64. The first kappa shape index (κ1) is 7.03. The fourth-order valence-corrected chi connectivity index (χ4v) is 1.15. The van der Waals surface area contributed by atoms with E-state index < -0.39 is 0 Å². The first-order chi connectivity index (χ1) is 5.88. The minimum absolute atomic E-state index is 1.01. The summed E-state index contributed by atoms with van der Waals surface area (Å²) >= 11 is 0. The van der Waals surface area contributed by atoms with E-state index in [1.165, 1.54) is 0 Å². The number of imidazole rings is 1. The molecule has 0 fully saturated rings. The monoisotopic (exact) mass is 159 g/mol. The van der Waals surface area contributed by atoms with Crippen molar-refractivity contribution in [1.82, 2.24) is 14.5 Å². The van der Waals surface area contributed by atoms with Crippen LogP contribution in [0.5, 0.6) is 0 Å². The van der Waals surface area contributed by atoms with Crippen LogP contribution in [0, 0.1) is 6.92 Å². The van der Waals surface area contributed by atoms with Gasteiger partial charge in [0.15, 0.2) is 0 Å². The van der Waals surface area contributed by atoms with E-state index in [4.69, 9.17) is 0 Å². The van der Waals surface area contributed by atoms with Crippen molar-refractivity contribution in [2.24, 2.45) is 0 Å². The van der Waals surface area contributed by atoms with Crippen LogP contribution in [0.2, 0.25) is 0 Å². The Morgan fingerprint density at radius 1 is 1.33 bits per heavy atom. The molecule has 0 bridgehead atoms. The van der Waals surface area contributed by atoms with Crippen LogP contribution in [0.15, 0.2) is 37.1 Å². The lowest BCUT2D eigenvalue weighted by Gasteiger charge is -2.03. The zero-order chi connectivity index (χ0) is 8.39. The lowest BCUT2D eigenvalue weighted by molar-refractivity contribution is 1.01. The third-order valence-corrected chi connectivity index (χ3v) is 1.76. The Kier molecular flexibility index (Phi) is 1.63. The van der Waals surface area contributed by atoms with E-state index in [0.29, 0.717) is 0 Å². The van der Waals surface area contributed by atoms with Crippen LogP contribution in [0.1, 0.15) is 5.69 Å². The summed E-state index contributed by atoms with van der Waals surface area (Å²) in [6.07, 6.45) is 7.22. The molecule has 2 rings (SSSR count). The predicted molar refractivity (Wildman–Crippen MR) is 46.1 cm³/mol. The van der Waals surface area contributed by atoms with Gasteiger partial charge in [0.2, 0.25) is 0 Å². The van der Waals surface area contributed by atoms with Gasteiger partial charge in [0.25, 0.3) is 0 Å². The van der Waals surface area contributed by atoms with Crippen molar-refractivity contribution in [3.8, 4) is 5.69 Å². The van der Waals surface area contributed by atoms with Gasteiger partial charge in [0.05, 0.1) is 17.7 Å². The number of pyridine rings is 1. The quantitative estimate of drug-likeness (QED) is 0.632. The molecule has 0 radical (unpaired) electrons. The largest absolute Gasteiger partial charge is 0.304 e. The second kappa shape index (κ2) is 2.77. The molecule has 0 aliphatic carbocycles. The molecule has 3 nitrogen and oxygen atoms in total. The molecule has 2 aromatic rings. The van der Waals surface area contributed by atoms with Gasteiger partial charge in [-0.1, -0.05) is 0 Å². The van der Waals surface area contributed by atoms with E-state index in [2.05, 4.69) is 9.97 Å². The van der Waals surface area contributed by atoms with Gasteiger partial charge in [0, 0.05) is 18.6 Å². The number of aryl methyl sites for hydroxylation is 1. The molecule has 0 aliphatic heterocycles. The smallest absolute Gasteiger partial charge is 0.0992 e. The highest BCUT2D eigenvalue weighted by Crippen LogP contribution is 2.08. The Labute approximate surface area is 70.7 Å². The van der Waals surface area contributed by atoms with Crippen molar-refractivity contribution in [3.63, 3.8) is 0 Å². The fraction of sp³-hybridized carbons (Fsp3) is 0.111. The highest BCUT2D eigenvalue weighted by molar-refractivity contribution is 5.34. The van der Waals surface area contributed by atoms with Gasteiger partial charge in [-0.2, -0.15) is 0 Å². The second-order valence-corrected chi connectivity index (χ2v) is 2.58. The summed E-state index contributed by atoms with van der Waals surface area (Å²) < 4.78 is 1.95. The van der Waals surface area contributed by atoms with Crippen LogP contribution >= 0.6 is 0 Å². The van der Waals surface area contributed by atoms with Gasteiger partial charge < -0.3 is 4.57 Å². The average molecular weight is 159 g/mol. The maximum absolute atomic E-state index is 4.19. The van der Waals surface area contributed by atoms with Gasteiger partial charge >= 0.3 is 0 Å². The van der Waals surface area contributed by atoms with Crippen molar-refractivity contribution < 1.29 is 0 Å². The Morgan fingerprint density at radius 3 is 2.92 bits per heavy atom. The van der Waals surface area contributed by atoms with Crippen LogP contribution in [0.4, 0.5) is 0 Å². The van der Waals surface area contributed by atoms with Crippen LogP contribution in [0.3, 0.4) is 0 Å². The maximum Gasteiger partial charge on any atom is 0.0992 e. The van der Waals surface area contributed by atoms with Crippen molar-refractivity contribution in [2.45, 2.75) is 6.92 Å². The first-order valence-corrected chi connectivity index (χ1v) is 3.78. The number of hydrogen-bond acceptors (Lipinski definition) is 2. The lowest BCUT2D eigenvalue weighted by Crippen LogP contribution is -1.94.